The fourth-order valence-electron chi connectivity index (χ4n) is 5.05. The maximum absolute atomic E-state index is 6.42. The molecule has 1 aliphatic heterocycles. The summed E-state index contributed by atoms with van der Waals surface area (Å²) in [4.78, 5) is 0. The Balaban J connectivity index is 1.81. The van der Waals surface area contributed by atoms with E-state index < -0.39 is 5.41 Å². The van der Waals surface area contributed by atoms with Crippen LogP contribution in [-0.2, 0) is 12.0 Å². The number of halogens is 1. The molecule has 2 nitrogen and oxygen atoms in total. The van der Waals surface area contributed by atoms with E-state index in [0.29, 0.717) is 6.54 Å². The summed E-state index contributed by atoms with van der Waals surface area (Å²) in [7, 11) is 0. The normalized spacial score (nSPS) is 17.9. The van der Waals surface area contributed by atoms with Gasteiger partial charge in [-0.05, 0) is 52.1 Å². The van der Waals surface area contributed by atoms with Crippen molar-refractivity contribution in [1.82, 2.24) is 0 Å². The standard InChI is InChI=1S/C26H18ClNO/c27-17-10-12-21-19(14-17)18-5-1-2-6-20(18)26(21)22-7-3-4-8-24(22)29-25-13-16(15-28)9-11-23(25)26/h1-14H,15,28H2. The summed E-state index contributed by atoms with van der Waals surface area (Å²) in [6.45, 7) is 0.480. The van der Waals surface area contributed by atoms with Crippen molar-refractivity contribution < 1.29 is 4.74 Å². The molecule has 2 aliphatic rings. The van der Waals surface area contributed by atoms with Gasteiger partial charge in [-0.25, -0.2) is 0 Å². The van der Waals surface area contributed by atoms with Crippen LogP contribution in [-0.4, -0.2) is 0 Å². The van der Waals surface area contributed by atoms with Gasteiger partial charge in [0.1, 0.15) is 11.5 Å². The molecule has 1 atom stereocenters. The Labute approximate surface area is 174 Å². The van der Waals surface area contributed by atoms with Crippen molar-refractivity contribution in [2.45, 2.75) is 12.0 Å². The second-order valence-electron chi connectivity index (χ2n) is 7.62. The SMILES string of the molecule is NCc1ccc2c(c1)Oc1ccccc1C21c2ccccc2-c2cc(Cl)ccc21. The number of fused-ring (bicyclic) bond motifs is 9. The van der Waals surface area contributed by atoms with Crippen molar-refractivity contribution in [3.05, 3.63) is 118 Å². The third-order valence-electron chi connectivity index (χ3n) is 6.20. The third-order valence-corrected chi connectivity index (χ3v) is 6.44. The number of hydrogen-bond acceptors (Lipinski definition) is 2. The number of ether oxygens (including phenoxy) is 1. The first-order chi connectivity index (χ1) is 14.2. The van der Waals surface area contributed by atoms with E-state index in [1.807, 2.05) is 18.2 Å². The van der Waals surface area contributed by atoms with Crippen LogP contribution in [0.25, 0.3) is 11.1 Å². The van der Waals surface area contributed by atoms with E-state index in [4.69, 9.17) is 22.1 Å². The Morgan fingerprint density at radius 1 is 0.690 bits per heavy atom. The fraction of sp³-hybridized carbons (Fsp3) is 0.0769. The molecule has 2 N–H and O–H groups in total. The van der Waals surface area contributed by atoms with Gasteiger partial charge in [0.15, 0.2) is 0 Å². The molecule has 0 bridgehead atoms. The van der Waals surface area contributed by atoms with Crippen LogP contribution in [0.5, 0.6) is 11.5 Å². The minimum atomic E-state index is -0.437. The predicted octanol–water partition coefficient (Wildman–Crippen LogP) is 6.27. The predicted molar refractivity (Wildman–Crippen MR) is 117 cm³/mol. The first kappa shape index (κ1) is 16.8. The second kappa shape index (κ2) is 5.96. The molecule has 29 heavy (non-hydrogen) atoms. The molecule has 140 valence electrons. The smallest absolute Gasteiger partial charge is 0.132 e. The molecular weight excluding hydrogens is 378 g/mol. The van der Waals surface area contributed by atoms with Gasteiger partial charge in [-0.2, -0.15) is 0 Å². The number of hydrogen-bond donors (Lipinski definition) is 1. The van der Waals surface area contributed by atoms with Crippen molar-refractivity contribution in [3.8, 4) is 22.6 Å². The molecule has 4 aromatic carbocycles. The van der Waals surface area contributed by atoms with Crippen molar-refractivity contribution >= 4 is 11.6 Å². The van der Waals surface area contributed by atoms with E-state index >= 15 is 0 Å². The highest BCUT2D eigenvalue weighted by Gasteiger charge is 2.50. The summed E-state index contributed by atoms with van der Waals surface area (Å²) < 4.78 is 6.38. The zero-order chi connectivity index (χ0) is 19.6. The molecule has 1 heterocycles. The van der Waals surface area contributed by atoms with E-state index in [0.717, 1.165) is 33.2 Å². The number of nitrogens with two attached hydrogens (primary N) is 1. The molecule has 6 rings (SSSR count). The molecule has 0 fully saturated rings. The van der Waals surface area contributed by atoms with Gasteiger partial charge in [-0.1, -0.05) is 72.3 Å². The Kier molecular flexibility index (Phi) is 3.46. The van der Waals surface area contributed by atoms with Crippen molar-refractivity contribution in [1.29, 1.82) is 0 Å². The molecule has 0 aromatic heterocycles. The molecule has 0 amide bonds. The van der Waals surface area contributed by atoms with E-state index in [1.165, 1.54) is 22.3 Å². The lowest BCUT2D eigenvalue weighted by Gasteiger charge is -2.39. The van der Waals surface area contributed by atoms with Crippen LogP contribution in [0.15, 0.2) is 84.9 Å². The minimum Gasteiger partial charge on any atom is -0.457 e. The summed E-state index contributed by atoms with van der Waals surface area (Å²) >= 11 is 6.42. The van der Waals surface area contributed by atoms with Crippen LogP contribution in [0.2, 0.25) is 5.02 Å². The maximum atomic E-state index is 6.42. The molecule has 1 spiro atoms. The van der Waals surface area contributed by atoms with Gasteiger partial charge >= 0.3 is 0 Å². The van der Waals surface area contributed by atoms with E-state index in [2.05, 4.69) is 66.7 Å². The van der Waals surface area contributed by atoms with Gasteiger partial charge in [0.25, 0.3) is 0 Å². The molecule has 0 radical (unpaired) electrons. The summed E-state index contributed by atoms with van der Waals surface area (Å²) in [5.74, 6) is 1.75. The lowest BCUT2D eigenvalue weighted by Crippen LogP contribution is -2.32. The fourth-order valence-corrected chi connectivity index (χ4v) is 5.23. The lowest BCUT2D eigenvalue weighted by atomic mass is 9.66. The largest absolute Gasteiger partial charge is 0.457 e. The highest BCUT2D eigenvalue weighted by molar-refractivity contribution is 6.31. The average Bonchev–Trinajstić information content (AvgIpc) is 3.04. The molecule has 4 aromatic rings. The molecule has 1 aliphatic carbocycles. The van der Waals surface area contributed by atoms with Gasteiger partial charge in [0.2, 0.25) is 0 Å². The molecular formula is C26H18ClNO. The molecule has 3 heteroatoms. The van der Waals surface area contributed by atoms with Crippen molar-refractivity contribution in [2.24, 2.45) is 5.73 Å². The van der Waals surface area contributed by atoms with Crippen LogP contribution in [0.4, 0.5) is 0 Å². The Bertz CT molecular complexity index is 1300. The Morgan fingerprint density at radius 3 is 2.24 bits per heavy atom. The zero-order valence-corrected chi connectivity index (χ0v) is 16.4. The highest BCUT2D eigenvalue weighted by Crippen LogP contribution is 2.62. The van der Waals surface area contributed by atoms with Crippen LogP contribution in [0.1, 0.15) is 27.8 Å². The highest BCUT2D eigenvalue weighted by atomic mass is 35.5. The second-order valence-corrected chi connectivity index (χ2v) is 8.05. The summed E-state index contributed by atoms with van der Waals surface area (Å²) in [6, 6.07) is 29.5. The van der Waals surface area contributed by atoms with Crippen molar-refractivity contribution in [2.75, 3.05) is 0 Å². The third kappa shape index (κ3) is 2.10. The molecule has 1 unspecified atom stereocenters. The number of rotatable bonds is 1. The van der Waals surface area contributed by atoms with E-state index in [1.54, 1.807) is 0 Å². The maximum Gasteiger partial charge on any atom is 0.132 e. The van der Waals surface area contributed by atoms with Gasteiger partial charge < -0.3 is 10.5 Å². The zero-order valence-electron chi connectivity index (χ0n) is 15.7. The number of para-hydroxylation sites is 1. The first-order valence-corrected chi connectivity index (χ1v) is 10.1. The quantitative estimate of drug-likeness (QED) is 0.356. The van der Waals surface area contributed by atoms with Gasteiger partial charge in [-0.3, -0.25) is 0 Å². The van der Waals surface area contributed by atoms with Crippen LogP contribution >= 0.6 is 11.6 Å². The van der Waals surface area contributed by atoms with E-state index in [9.17, 15) is 0 Å². The average molecular weight is 396 g/mol. The topological polar surface area (TPSA) is 35.2 Å². The molecule has 0 saturated carbocycles. The summed E-state index contributed by atoms with van der Waals surface area (Å²) in [5.41, 5.74) is 13.7. The Hall–Kier alpha value is -3.07. The summed E-state index contributed by atoms with van der Waals surface area (Å²) in [6.07, 6.45) is 0. The summed E-state index contributed by atoms with van der Waals surface area (Å²) in [5, 5.41) is 0.745. The lowest BCUT2D eigenvalue weighted by molar-refractivity contribution is 0.435. The minimum absolute atomic E-state index is 0.437. The molecule has 0 saturated heterocycles. The van der Waals surface area contributed by atoms with Crippen LogP contribution in [0.3, 0.4) is 0 Å². The van der Waals surface area contributed by atoms with E-state index in [-0.39, 0.29) is 0 Å². The van der Waals surface area contributed by atoms with Gasteiger partial charge in [0.05, 0.1) is 5.41 Å². The first-order valence-electron chi connectivity index (χ1n) is 9.74. The van der Waals surface area contributed by atoms with Gasteiger partial charge in [-0.15, -0.1) is 0 Å². The van der Waals surface area contributed by atoms with Crippen LogP contribution in [0, 0.1) is 0 Å². The monoisotopic (exact) mass is 395 g/mol. The van der Waals surface area contributed by atoms with Gasteiger partial charge in [0, 0.05) is 22.7 Å². The Morgan fingerprint density at radius 2 is 1.38 bits per heavy atom. The van der Waals surface area contributed by atoms with Crippen molar-refractivity contribution in [3.63, 3.8) is 0 Å². The van der Waals surface area contributed by atoms with Crippen LogP contribution < -0.4 is 10.5 Å². The number of benzene rings is 4.